The first-order valence-electron chi connectivity index (χ1n) is 8.76. The largest absolute Gasteiger partial charge is 0.465 e. The highest BCUT2D eigenvalue weighted by Crippen LogP contribution is 2.54. The summed E-state index contributed by atoms with van der Waals surface area (Å²) >= 11 is 12.8. The number of nitrogens with zero attached hydrogens (tertiary/aromatic N) is 2. The summed E-state index contributed by atoms with van der Waals surface area (Å²) in [7, 11) is 0. The van der Waals surface area contributed by atoms with Crippen molar-refractivity contribution >= 4 is 28.9 Å². The topological polar surface area (TPSA) is 24.8 Å². The second kappa shape index (κ2) is 5.65. The van der Waals surface area contributed by atoms with Gasteiger partial charge in [0.15, 0.2) is 5.72 Å². The van der Waals surface area contributed by atoms with Crippen LogP contribution in [0.25, 0.3) is 0 Å². The molecule has 5 heteroatoms. The predicted molar refractivity (Wildman–Crippen MR) is 100 cm³/mol. The maximum atomic E-state index is 6.49. The molecule has 1 aliphatic carbocycles. The van der Waals surface area contributed by atoms with Gasteiger partial charge in [0, 0.05) is 29.8 Å². The van der Waals surface area contributed by atoms with E-state index < -0.39 is 0 Å². The van der Waals surface area contributed by atoms with Gasteiger partial charge in [-0.25, -0.2) is 5.01 Å². The first-order chi connectivity index (χ1) is 12.2. The third kappa shape index (κ3) is 2.37. The highest BCUT2D eigenvalue weighted by Gasteiger charge is 2.52. The first kappa shape index (κ1) is 15.5. The SMILES string of the molecule is Clc1cc(Cl)c2c(c1)[C@H]1CC(c3ccccc3)=NN1C1(CCCC1)O2. The van der Waals surface area contributed by atoms with Gasteiger partial charge in [-0.3, -0.25) is 0 Å². The van der Waals surface area contributed by atoms with Crippen LogP contribution in [-0.4, -0.2) is 16.4 Å². The monoisotopic (exact) mass is 372 g/mol. The molecule has 2 aromatic carbocycles. The molecule has 0 amide bonds. The van der Waals surface area contributed by atoms with E-state index in [2.05, 4.69) is 29.3 Å². The van der Waals surface area contributed by atoms with Crippen molar-refractivity contribution in [3.63, 3.8) is 0 Å². The average Bonchev–Trinajstić information content (AvgIpc) is 3.26. The normalized spacial score (nSPS) is 23.2. The molecule has 0 unspecified atom stereocenters. The Morgan fingerprint density at radius 2 is 1.84 bits per heavy atom. The third-order valence-electron chi connectivity index (χ3n) is 5.51. The van der Waals surface area contributed by atoms with Crippen LogP contribution in [-0.2, 0) is 0 Å². The molecule has 0 saturated heterocycles. The van der Waals surface area contributed by atoms with E-state index in [0.717, 1.165) is 49.1 Å². The van der Waals surface area contributed by atoms with Crippen LogP contribution in [0.3, 0.4) is 0 Å². The lowest BCUT2D eigenvalue weighted by Gasteiger charge is -2.46. The summed E-state index contributed by atoms with van der Waals surface area (Å²) in [6, 6.07) is 14.3. The number of ether oxygens (including phenoxy) is 1. The van der Waals surface area contributed by atoms with Crippen LogP contribution >= 0.6 is 23.2 Å². The van der Waals surface area contributed by atoms with Crippen LogP contribution in [0.15, 0.2) is 47.6 Å². The van der Waals surface area contributed by atoms with Gasteiger partial charge in [-0.1, -0.05) is 53.5 Å². The fourth-order valence-electron chi connectivity index (χ4n) is 4.36. The number of hydrazone groups is 1. The van der Waals surface area contributed by atoms with E-state index in [1.165, 1.54) is 5.56 Å². The van der Waals surface area contributed by atoms with E-state index in [1.54, 1.807) is 6.07 Å². The fourth-order valence-corrected chi connectivity index (χ4v) is 4.91. The highest BCUT2D eigenvalue weighted by molar-refractivity contribution is 6.35. The molecule has 0 N–H and O–H groups in total. The molecule has 2 aliphatic heterocycles. The lowest BCUT2D eigenvalue weighted by atomic mass is 9.94. The zero-order valence-electron chi connectivity index (χ0n) is 13.7. The number of fused-ring (bicyclic) bond motifs is 4. The van der Waals surface area contributed by atoms with E-state index in [9.17, 15) is 0 Å². The minimum atomic E-state index is -0.369. The minimum absolute atomic E-state index is 0.133. The second-order valence-corrected chi connectivity index (χ2v) is 7.88. The summed E-state index contributed by atoms with van der Waals surface area (Å²) in [6.45, 7) is 0. The van der Waals surface area contributed by atoms with Gasteiger partial charge in [0.1, 0.15) is 5.75 Å². The standard InChI is InChI=1S/C20H18Cl2N2O/c21-14-10-15-18-12-17(13-6-2-1-3-7-13)23-24(18)20(8-4-5-9-20)25-19(15)16(22)11-14/h1-3,6-7,10-11,18H,4-5,8-9,12H2/t18-/m1/s1. The van der Waals surface area contributed by atoms with Gasteiger partial charge in [-0.15, -0.1) is 0 Å². The van der Waals surface area contributed by atoms with E-state index in [4.69, 9.17) is 33.0 Å². The van der Waals surface area contributed by atoms with Crippen molar-refractivity contribution in [2.75, 3.05) is 0 Å². The summed E-state index contributed by atoms with van der Waals surface area (Å²) in [5.74, 6) is 0.790. The third-order valence-corrected chi connectivity index (χ3v) is 6.01. The molecular formula is C20H18Cl2N2O. The van der Waals surface area contributed by atoms with Crippen molar-refractivity contribution in [3.05, 3.63) is 63.6 Å². The van der Waals surface area contributed by atoms with Crippen molar-refractivity contribution in [2.45, 2.75) is 43.9 Å². The summed E-state index contributed by atoms with van der Waals surface area (Å²) in [5.41, 5.74) is 2.94. The first-order valence-corrected chi connectivity index (χ1v) is 9.52. The molecular weight excluding hydrogens is 355 g/mol. The van der Waals surface area contributed by atoms with Crippen molar-refractivity contribution in [2.24, 2.45) is 5.10 Å². The fraction of sp³-hybridized carbons (Fsp3) is 0.350. The van der Waals surface area contributed by atoms with E-state index in [0.29, 0.717) is 10.0 Å². The van der Waals surface area contributed by atoms with E-state index >= 15 is 0 Å². The molecule has 25 heavy (non-hydrogen) atoms. The summed E-state index contributed by atoms with van der Waals surface area (Å²) < 4.78 is 6.49. The Labute approximate surface area is 157 Å². The van der Waals surface area contributed by atoms with Crippen LogP contribution in [0, 0.1) is 0 Å². The quantitative estimate of drug-likeness (QED) is 0.630. The van der Waals surface area contributed by atoms with Crippen LogP contribution in [0.4, 0.5) is 0 Å². The van der Waals surface area contributed by atoms with Gasteiger partial charge < -0.3 is 4.74 Å². The van der Waals surface area contributed by atoms with Gasteiger partial charge >= 0.3 is 0 Å². The number of rotatable bonds is 1. The lowest BCUT2D eigenvalue weighted by Crippen LogP contribution is -2.51. The maximum Gasteiger partial charge on any atom is 0.198 e. The molecule has 128 valence electrons. The predicted octanol–water partition coefficient (Wildman–Crippen LogP) is 5.81. The molecule has 1 spiro atoms. The Hall–Kier alpha value is -1.71. The molecule has 5 rings (SSSR count). The van der Waals surface area contributed by atoms with Gasteiger partial charge in [-0.05, 0) is 30.5 Å². The molecule has 2 aromatic rings. The molecule has 3 nitrogen and oxygen atoms in total. The van der Waals surface area contributed by atoms with Gasteiger partial charge in [0.2, 0.25) is 0 Å². The number of halogens is 2. The van der Waals surface area contributed by atoms with Crippen molar-refractivity contribution in [1.29, 1.82) is 0 Å². The van der Waals surface area contributed by atoms with Crippen LogP contribution in [0.2, 0.25) is 10.0 Å². The van der Waals surface area contributed by atoms with Crippen LogP contribution in [0.5, 0.6) is 5.75 Å². The van der Waals surface area contributed by atoms with E-state index in [-0.39, 0.29) is 11.8 Å². The molecule has 1 fully saturated rings. The number of hydrogen-bond donors (Lipinski definition) is 0. The van der Waals surface area contributed by atoms with E-state index in [1.807, 2.05) is 12.1 Å². The maximum absolute atomic E-state index is 6.49. The molecule has 3 aliphatic rings. The lowest BCUT2D eigenvalue weighted by molar-refractivity contribution is -0.114. The second-order valence-electron chi connectivity index (χ2n) is 7.04. The van der Waals surface area contributed by atoms with Crippen LogP contribution in [0.1, 0.15) is 49.3 Å². The molecule has 0 radical (unpaired) electrons. The Morgan fingerprint density at radius 1 is 1.08 bits per heavy atom. The van der Waals surface area contributed by atoms with Gasteiger partial charge in [0.05, 0.1) is 16.8 Å². The van der Waals surface area contributed by atoms with Gasteiger partial charge in [-0.2, -0.15) is 5.10 Å². The Balaban J connectivity index is 1.65. The summed E-state index contributed by atoms with van der Waals surface area (Å²) in [4.78, 5) is 0. The minimum Gasteiger partial charge on any atom is -0.465 e. The molecule has 0 aromatic heterocycles. The Morgan fingerprint density at radius 3 is 2.60 bits per heavy atom. The summed E-state index contributed by atoms with van der Waals surface area (Å²) in [6.07, 6.45) is 5.11. The van der Waals surface area contributed by atoms with Crippen LogP contribution < -0.4 is 4.74 Å². The highest BCUT2D eigenvalue weighted by atomic mass is 35.5. The zero-order chi connectivity index (χ0) is 17.0. The van der Waals surface area contributed by atoms with Crippen molar-refractivity contribution < 1.29 is 4.74 Å². The number of hydrogen-bond acceptors (Lipinski definition) is 3. The Kier molecular flexibility index (Phi) is 3.51. The number of benzene rings is 2. The van der Waals surface area contributed by atoms with Crippen molar-refractivity contribution in [3.8, 4) is 5.75 Å². The smallest absolute Gasteiger partial charge is 0.198 e. The zero-order valence-corrected chi connectivity index (χ0v) is 15.2. The molecule has 0 bridgehead atoms. The Bertz CT molecular complexity index is 859. The average molecular weight is 373 g/mol. The van der Waals surface area contributed by atoms with Crippen molar-refractivity contribution in [1.82, 2.24) is 5.01 Å². The molecule has 2 heterocycles. The molecule has 1 saturated carbocycles. The summed E-state index contributed by atoms with van der Waals surface area (Å²) in [5, 5.41) is 8.44. The van der Waals surface area contributed by atoms with Gasteiger partial charge in [0.25, 0.3) is 0 Å². The molecule has 1 atom stereocenters.